The summed E-state index contributed by atoms with van der Waals surface area (Å²) in [5.74, 6) is -5.48. The third-order valence-electron chi connectivity index (χ3n) is 4.75. The molecule has 5 nitrogen and oxygen atoms in total. The van der Waals surface area contributed by atoms with Crippen molar-refractivity contribution in [2.45, 2.75) is 50.6 Å². The molecule has 0 atom stereocenters. The van der Waals surface area contributed by atoms with Crippen LogP contribution in [0.15, 0.2) is 18.2 Å². The molecular formula is C17H20F2N2O3. The maximum atomic E-state index is 14.2. The van der Waals surface area contributed by atoms with Crippen LogP contribution in [0.25, 0.3) is 0 Å². The number of rotatable bonds is 5. The Bertz CT molecular complexity index is 682. The summed E-state index contributed by atoms with van der Waals surface area (Å²) in [6, 6.07) is 4.74. The standard InChI is InChI=1S/C17H20F2N2O3/c1-10-3-6-12(20-14(22)11-4-5-11)9-13(10)21-15(23)17(18,19)16(24)7-2-8-16/h3,6,9,11,24H,2,4-5,7-8H2,1H3,(H,20,22)(H,21,23). The van der Waals surface area contributed by atoms with Gasteiger partial charge in [-0.1, -0.05) is 6.07 Å². The minimum absolute atomic E-state index is 0.0153. The summed E-state index contributed by atoms with van der Waals surface area (Å²) in [4.78, 5) is 23.7. The second kappa shape index (κ2) is 5.81. The number of alkyl halides is 2. The first-order chi connectivity index (χ1) is 11.2. The molecule has 0 spiro atoms. The highest BCUT2D eigenvalue weighted by molar-refractivity contribution is 5.99. The molecule has 0 aromatic heterocycles. The predicted octanol–water partition coefficient (Wildman–Crippen LogP) is 2.83. The molecule has 0 heterocycles. The molecule has 0 bridgehead atoms. The van der Waals surface area contributed by atoms with Crippen molar-refractivity contribution < 1.29 is 23.5 Å². The first kappa shape index (κ1) is 16.8. The molecule has 2 aliphatic carbocycles. The topological polar surface area (TPSA) is 78.4 Å². The van der Waals surface area contributed by atoms with Crippen LogP contribution in [-0.4, -0.2) is 28.4 Å². The lowest BCUT2D eigenvalue weighted by molar-refractivity contribution is -0.212. The number of hydrogen-bond acceptors (Lipinski definition) is 3. The van der Waals surface area contributed by atoms with Crippen LogP contribution >= 0.6 is 0 Å². The van der Waals surface area contributed by atoms with Crippen molar-refractivity contribution in [3.8, 4) is 0 Å². The van der Waals surface area contributed by atoms with Gasteiger partial charge in [-0.2, -0.15) is 8.78 Å². The number of nitrogens with one attached hydrogen (secondary N) is 2. The summed E-state index contributed by atoms with van der Waals surface area (Å²) in [6.45, 7) is 1.66. The number of aliphatic hydroxyl groups is 1. The Morgan fingerprint density at radius 2 is 1.92 bits per heavy atom. The predicted molar refractivity (Wildman–Crippen MR) is 84.9 cm³/mol. The zero-order chi connectivity index (χ0) is 17.5. The quantitative estimate of drug-likeness (QED) is 0.772. The van der Waals surface area contributed by atoms with E-state index in [9.17, 15) is 23.5 Å². The van der Waals surface area contributed by atoms with Crippen LogP contribution in [0.5, 0.6) is 0 Å². The van der Waals surface area contributed by atoms with Crippen LogP contribution in [0.2, 0.25) is 0 Å². The first-order valence-corrected chi connectivity index (χ1v) is 8.06. The molecule has 3 N–H and O–H groups in total. The molecule has 24 heavy (non-hydrogen) atoms. The third kappa shape index (κ3) is 3.00. The molecule has 2 fully saturated rings. The molecule has 3 rings (SSSR count). The van der Waals surface area contributed by atoms with Crippen molar-refractivity contribution in [2.75, 3.05) is 10.6 Å². The van der Waals surface area contributed by atoms with Crippen molar-refractivity contribution in [1.29, 1.82) is 0 Å². The molecule has 7 heteroatoms. The number of aryl methyl sites for hydroxylation is 1. The number of halogens is 2. The van der Waals surface area contributed by atoms with Crippen LogP contribution in [0.1, 0.15) is 37.7 Å². The van der Waals surface area contributed by atoms with E-state index in [-0.39, 0.29) is 30.4 Å². The molecule has 0 saturated heterocycles. The van der Waals surface area contributed by atoms with Gasteiger partial charge in [0.05, 0.1) is 0 Å². The summed E-state index contributed by atoms with van der Waals surface area (Å²) in [5, 5.41) is 14.7. The Kier molecular flexibility index (Phi) is 4.07. The Hall–Kier alpha value is -2.02. The molecule has 130 valence electrons. The van der Waals surface area contributed by atoms with E-state index in [1.807, 2.05) is 0 Å². The Morgan fingerprint density at radius 1 is 1.25 bits per heavy atom. The van der Waals surface area contributed by atoms with Crippen LogP contribution in [0, 0.1) is 12.8 Å². The number of benzene rings is 1. The van der Waals surface area contributed by atoms with Crippen molar-refractivity contribution in [1.82, 2.24) is 0 Å². The Morgan fingerprint density at radius 3 is 2.46 bits per heavy atom. The van der Waals surface area contributed by atoms with Gasteiger partial charge < -0.3 is 15.7 Å². The maximum Gasteiger partial charge on any atom is 0.352 e. The molecule has 2 amide bonds. The summed E-state index contributed by atoms with van der Waals surface area (Å²) >= 11 is 0. The van der Waals surface area contributed by atoms with Gasteiger partial charge in [-0.05, 0) is 56.7 Å². The highest BCUT2D eigenvalue weighted by atomic mass is 19.3. The summed E-state index contributed by atoms with van der Waals surface area (Å²) in [5.41, 5.74) is -1.04. The first-order valence-electron chi connectivity index (χ1n) is 8.06. The lowest BCUT2D eigenvalue weighted by atomic mass is 9.75. The molecular weight excluding hydrogens is 318 g/mol. The summed E-state index contributed by atoms with van der Waals surface area (Å²) in [6.07, 6.45) is 1.99. The fraction of sp³-hybridized carbons (Fsp3) is 0.529. The van der Waals surface area contributed by atoms with Crippen LogP contribution in [-0.2, 0) is 9.59 Å². The van der Waals surface area contributed by atoms with Gasteiger partial charge in [0.15, 0.2) is 0 Å². The van der Waals surface area contributed by atoms with Crippen molar-refractivity contribution >= 4 is 23.2 Å². The fourth-order valence-corrected chi connectivity index (χ4v) is 2.66. The van der Waals surface area contributed by atoms with Gasteiger partial charge in [-0.3, -0.25) is 9.59 Å². The van der Waals surface area contributed by atoms with Gasteiger partial charge >= 0.3 is 5.92 Å². The molecule has 1 aromatic rings. The van der Waals surface area contributed by atoms with E-state index in [1.165, 1.54) is 6.07 Å². The normalized spacial score (nSPS) is 19.3. The second-order valence-corrected chi connectivity index (χ2v) is 6.71. The third-order valence-corrected chi connectivity index (χ3v) is 4.75. The summed E-state index contributed by atoms with van der Waals surface area (Å²) in [7, 11) is 0. The number of amides is 2. The second-order valence-electron chi connectivity index (χ2n) is 6.71. The number of hydrogen-bond donors (Lipinski definition) is 3. The lowest BCUT2D eigenvalue weighted by Gasteiger charge is -2.41. The van der Waals surface area contributed by atoms with E-state index < -0.39 is 17.4 Å². The molecule has 1 aromatic carbocycles. The maximum absolute atomic E-state index is 14.2. The van der Waals surface area contributed by atoms with E-state index in [2.05, 4.69) is 10.6 Å². The van der Waals surface area contributed by atoms with Gasteiger partial charge in [-0.25, -0.2) is 0 Å². The lowest BCUT2D eigenvalue weighted by Crippen LogP contribution is -2.59. The van der Waals surface area contributed by atoms with E-state index in [1.54, 1.807) is 19.1 Å². The fourth-order valence-electron chi connectivity index (χ4n) is 2.66. The Labute approximate surface area is 138 Å². The largest absolute Gasteiger partial charge is 0.383 e. The molecule has 2 aliphatic rings. The SMILES string of the molecule is Cc1ccc(NC(=O)C2CC2)cc1NC(=O)C(F)(F)C1(O)CCC1. The highest BCUT2D eigenvalue weighted by Gasteiger charge is 2.61. The smallest absolute Gasteiger partial charge is 0.352 e. The van der Waals surface area contributed by atoms with Gasteiger partial charge in [-0.15, -0.1) is 0 Å². The van der Waals surface area contributed by atoms with Gasteiger partial charge in [0, 0.05) is 17.3 Å². The van der Waals surface area contributed by atoms with Gasteiger partial charge in [0.1, 0.15) is 5.60 Å². The average Bonchev–Trinajstić information content (AvgIpc) is 3.32. The van der Waals surface area contributed by atoms with Crippen LogP contribution in [0.4, 0.5) is 20.2 Å². The van der Waals surface area contributed by atoms with Crippen molar-refractivity contribution in [3.63, 3.8) is 0 Å². The van der Waals surface area contributed by atoms with Gasteiger partial charge in [0.25, 0.3) is 5.91 Å². The zero-order valence-corrected chi connectivity index (χ0v) is 13.4. The van der Waals surface area contributed by atoms with Gasteiger partial charge in [0.2, 0.25) is 5.91 Å². The molecule has 0 radical (unpaired) electrons. The molecule has 0 unspecified atom stereocenters. The zero-order valence-electron chi connectivity index (χ0n) is 13.4. The van der Waals surface area contributed by atoms with Crippen LogP contribution in [0.3, 0.4) is 0 Å². The van der Waals surface area contributed by atoms with E-state index in [4.69, 9.17) is 0 Å². The summed E-state index contributed by atoms with van der Waals surface area (Å²) < 4.78 is 28.3. The van der Waals surface area contributed by atoms with E-state index >= 15 is 0 Å². The molecule has 0 aliphatic heterocycles. The van der Waals surface area contributed by atoms with E-state index in [0.717, 1.165) is 12.8 Å². The Balaban J connectivity index is 1.73. The number of carbonyl (C=O) groups is 2. The van der Waals surface area contributed by atoms with Crippen molar-refractivity contribution in [3.05, 3.63) is 23.8 Å². The highest BCUT2D eigenvalue weighted by Crippen LogP contribution is 2.44. The monoisotopic (exact) mass is 338 g/mol. The minimum Gasteiger partial charge on any atom is -0.383 e. The van der Waals surface area contributed by atoms with E-state index in [0.29, 0.717) is 17.7 Å². The average molecular weight is 338 g/mol. The van der Waals surface area contributed by atoms with Crippen molar-refractivity contribution in [2.24, 2.45) is 5.92 Å². The number of carbonyl (C=O) groups excluding carboxylic acids is 2. The van der Waals surface area contributed by atoms with Crippen LogP contribution < -0.4 is 10.6 Å². The molecule has 2 saturated carbocycles. The minimum atomic E-state index is -3.86. The number of anilines is 2.